The maximum Gasteiger partial charge on any atom is 0.306 e. The smallest absolute Gasteiger partial charge is 0.306 e. The van der Waals surface area contributed by atoms with E-state index in [0.29, 0.717) is 24.5 Å². The van der Waals surface area contributed by atoms with E-state index in [4.69, 9.17) is 14.2 Å². The number of hydrogen-bond donors (Lipinski definition) is 1. The highest BCUT2D eigenvalue weighted by Crippen LogP contribution is 2.16. The fourth-order valence-electron chi connectivity index (χ4n) is 2.23. The number of aryl methyl sites for hydroxylation is 1. The first-order valence-corrected chi connectivity index (χ1v) is 8.36. The molecule has 0 saturated heterocycles. The van der Waals surface area contributed by atoms with Gasteiger partial charge in [-0.1, -0.05) is 18.2 Å². The fraction of sp³-hybridized carbons (Fsp3) is 0.300. The second-order valence-corrected chi connectivity index (χ2v) is 5.71. The first-order chi connectivity index (χ1) is 12.6. The fourth-order valence-corrected chi connectivity index (χ4v) is 2.23. The lowest BCUT2D eigenvalue weighted by molar-refractivity contribution is -0.147. The van der Waals surface area contributed by atoms with Gasteiger partial charge in [-0.3, -0.25) is 9.59 Å². The van der Waals surface area contributed by atoms with Crippen molar-refractivity contribution in [3.05, 3.63) is 54.1 Å². The predicted octanol–water partition coefficient (Wildman–Crippen LogP) is 3.34. The minimum atomic E-state index is -0.432. The van der Waals surface area contributed by atoms with Gasteiger partial charge in [0.15, 0.2) is 6.61 Å². The Kier molecular flexibility index (Phi) is 7.49. The lowest BCUT2D eigenvalue weighted by Gasteiger charge is -2.08. The molecule has 0 spiro atoms. The van der Waals surface area contributed by atoms with Crippen LogP contribution in [0, 0.1) is 6.92 Å². The SMILES string of the molecule is COc1cccc(NC(=O)COC(=O)CCCOc2cccc(C)c2)c1. The number of ether oxygens (including phenoxy) is 3. The molecule has 0 unspecified atom stereocenters. The van der Waals surface area contributed by atoms with Crippen molar-refractivity contribution in [1.82, 2.24) is 0 Å². The van der Waals surface area contributed by atoms with Gasteiger partial charge < -0.3 is 19.5 Å². The van der Waals surface area contributed by atoms with Gasteiger partial charge in [-0.05, 0) is 43.2 Å². The molecule has 0 atom stereocenters. The molecule has 0 radical (unpaired) electrons. The van der Waals surface area contributed by atoms with Crippen LogP contribution in [0.2, 0.25) is 0 Å². The van der Waals surface area contributed by atoms with Crippen LogP contribution < -0.4 is 14.8 Å². The number of carbonyl (C=O) groups is 2. The van der Waals surface area contributed by atoms with Crippen LogP contribution in [-0.2, 0) is 14.3 Å². The molecular formula is C20H23NO5. The maximum atomic E-state index is 11.8. The van der Waals surface area contributed by atoms with Crippen LogP contribution in [0.3, 0.4) is 0 Å². The third-order valence-corrected chi connectivity index (χ3v) is 3.50. The van der Waals surface area contributed by atoms with E-state index in [1.807, 2.05) is 31.2 Å². The molecule has 0 bridgehead atoms. The van der Waals surface area contributed by atoms with Crippen molar-refractivity contribution < 1.29 is 23.8 Å². The molecule has 26 heavy (non-hydrogen) atoms. The Labute approximate surface area is 153 Å². The summed E-state index contributed by atoms with van der Waals surface area (Å²) in [4.78, 5) is 23.5. The van der Waals surface area contributed by atoms with Gasteiger partial charge >= 0.3 is 5.97 Å². The first-order valence-electron chi connectivity index (χ1n) is 8.36. The maximum absolute atomic E-state index is 11.8. The Hall–Kier alpha value is -3.02. The summed E-state index contributed by atoms with van der Waals surface area (Å²) in [6, 6.07) is 14.6. The number of benzene rings is 2. The van der Waals surface area contributed by atoms with Crippen molar-refractivity contribution in [3.63, 3.8) is 0 Å². The minimum Gasteiger partial charge on any atom is -0.497 e. The third-order valence-electron chi connectivity index (χ3n) is 3.50. The highest BCUT2D eigenvalue weighted by molar-refractivity contribution is 5.92. The molecule has 0 heterocycles. The highest BCUT2D eigenvalue weighted by atomic mass is 16.5. The monoisotopic (exact) mass is 357 g/mol. The van der Waals surface area contributed by atoms with Crippen molar-refractivity contribution in [1.29, 1.82) is 0 Å². The van der Waals surface area contributed by atoms with Gasteiger partial charge in [-0.15, -0.1) is 0 Å². The number of esters is 1. The van der Waals surface area contributed by atoms with Crippen molar-refractivity contribution in [2.45, 2.75) is 19.8 Å². The minimum absolute atomic E-state index is 0.193. The van der Waals surface area contributed by atoms with Crippen molar-refractivity contribution in [3.8, 4) is 11.5 Å². The number of hydrogen-bond acceptors (Lipinski definition) is 5. The average molecular weight is 357 g/mol. The second-order valence-electron chi connectivity index (χ2n) is 5.71. The Morgan fingerprint density at radius 1 is 1.04 bits per heavy atom. The third kappa shape index (κ3) is 6.84. The highest BCUT2D eigenvalue weighted by Gasteiger charge is 2.08. The molecule has 2 aromatic carbocycles. The number of methoxy groups -OCH3 is 1. The van der Waals surface area contributed by atoms with E-state index in [1.165, 1.54) is 0 Å². The summed E-state index contributed by atoms with van der Waals surface area (Å²) in [5.41, 5.74) is 1.70. The van der Waals surface area contributed by atoms with Gasteiger partial charge in [-0.25, -0.2) is 0 Å². The second kappa shape index (κ2) is 10.1. The largest absolute Gasteiger partial charge is 0.497 e. The topological polar surface area (TPSA) is 73.9 Å². The molecule has 2 rings (SSSR count). The molecule has 0 fully saturated rings. The van der Waals surface area contributed by atoms with Gasteiger partial charge in [0.25, 0.3) is 5.91 Å². The molecule has 0 aromatic heterocycles. The van der Waals surface area contributed by atoms with Crippen LogP contribution in [-0.4, -0.2) is 32.2 Å². The predicted molar refractivity (Wildman–Crippen MR) is 98.5 cm³/mol. The van der Waals surface area contributed by atoms with Gasteiger partial charge in [0.1, 0.15) is 11.5 Å². The van der Waals surface area contributed by atoms with Gasteiger partial charge in [0, 0.05) is 18.2 Å². The summed E-state index contributed by atoms with van der Waals surface area (Å²) in [6.45, 7) is 2.07. The van der Waals surface area contributed by atoms with Crippen LogP contribution in [0.15, 0.2) is 48.5 Å². The summed E-state index contributed by atoms with van der Waals surface area (Å²) in [5.74, 6) is 0.575. The van der Waals surface area contributed by atoms with E-state index in [9.17, 15) is 9.59 Å². The summed E-state index contributed by atoms with van der Waals surface area (Å²) >= 11 is 0. The van der Waals surface area contributed by atoms with Gasteiger partial charge in [0.05, 0.1) is 13.7 Å². The Balaban J connectivity index is 1.62. The van der Waals surface area contributed by atoms with Crippen molar-refractivity contribution >= 4 is 17.6 Å². The average Bonchev–Trinajstić information content (AvgIpc) is 2.64. The van der Waals surface area contributed by atoms with Crippen LogP contribution in [0.1, 0.15) is 18.4 Å². The molecule has 1 amide bonds. The number of anilines is 1. The van der Waals surface area contributed by atoms with Crippen LogP contribution in [0.5, 0.6) is 11.5 Å². The first kappa shape index (κ1) is 19.3. The summed E-state index contributed by atoms with van der Waals surface area (Å²) in [7, 11) is 1.55. The van der Waals surface area contributed by atoms with Crippen LogP contribution >= 0.6 is 0 Å². The summed E-state index contributed by atoms with van der Waals surface area (Å²) < 4.78 is 15.6. The van der Waals surface area contributed by atoms with E-state index >= 15 is 0 Å². The van der Waals surface area contributed by atoms with E-state index in [2.05, 4.69) is 5.32 Å². The molecule has 0 saturated carbocycles. The molecule has 6 nitrogen and oxygen atoms in total. The lowest BCUT2D eigenvalue weighted by atomic mass is 10.2. The molecule has 1 N–H and O–H groups in total. The number of nitrogens with one attached hydrogen (secondary N) is 1. The molecule has 0 aliphatic rings. The van der Waals surface area contributed by atoms with Crippen molar-refractivity contribution in [2.75, 3.05) is 25.6 Å². The zero-order valence-corrected chi connectivity index (χ0v) is 15.0. The molecule has 2 aromatic rings. The lowest BCUT2D eigenvalue weighted by Crippen LogP contribution is -2.21. The molecule has 6 heteroatoms. The normalized spacial score (nSPS) is 10.1. The molecule has 0 aliphatic carbocycles. The Bertz CT molecular complexity index is 744. The summed E-state index contributed by atoms with van der Waals surface area (Å²) in [6.07, 6.45) is 0.711. The quantitative estimate of drug-likeness (QED) is 0.550. The number of amides is 1. The van der Waals surface area contributed by atoms with E-state index in [0.717, 1.165) is 11.3 Å². The molecular weight excluding hydrogens is 334 g/mol. The zero-order chi connectivity index (χ0) is 18.8. The number of carbonyl (C=O) groups excluding carboxylic acids is 2. The molecule has 0 aliphatic heterocycles. The van der Waals surface area contributed by atoms with E-state index in [1.54, 1.807) is 31.4 Å². The molecule has 138 valence electrons. The Morgan fingerprint density at radius 2 is 1.81 bits per heavy atom. The zero-order valence-electron chi connectivity index (χ0n) is 15.0. The standard InChI is InChI=1S/C20H23NO5/c1-15-6-3-9-18(12-15)25-11-5-10-20(23)26-14-19(22)21-16-7-4-8-17(13-16)24-2/h3-4,6-9,12-13H,5,10-11,14H2,1-2H3,(H,21,22). The summed E-state index contributed by atoms with van der Waals surface area (Å²) in [5, 5.41) is 2.65. The van der Waals surface area contributed by atoms with Crippen LogP contribution in [0.4, 0.5) is 5.69 Å². The van der Waals surface area contributed by atoms with E-state index < -0.39 is 11.9 Å². The van der Waals surface area contributed by atoms with E-state index in [-0.39, 0.29) is 13.0 Å². The van der Waals surface area contributed by atoms with Gasteiger partial charge in [-0.2, -0.15) is 0 Å². The Morgan fingerprint density at radius 3 is 2.58 bits per heavy atom. The van der Waals surface area contributed by atoms with Crippen LogP contribution in [0.25, 0.3) is 0 Å². The number of rotatable bonds is 9. The van der Waals surface area contributed by atoms with Gasteiger partial charge in [0.2, 0.25) is 0 Å². The van der Waals surface area contributed by atoms with Crippen molar-refractivity contribution in [2.24, 2.45) is 0 Å².